The van der Waals surface area contributed by atoms with Crippen molar-refractivity contribution in [1.29, 1.82) is 0 Å². The molecule has 21 heavy (non-hydrogen) atoms. The highest BCUT2D eigenvalue weighted by atomic mass is 32.2. The predicted molar refractivity (Wildman–Crippen MR) is 84.4 cm³/mol. The lowest BCUT2D eigenvalue weighted by molar-refractivity contribution is -0.117. The fraction of sp³-hybridized carbons (Fsp3) is 0.533. The van der Waals surface area contributed by atoms with Gasteiger partial charge in [-0.2, -0.15) is 0 Å². The molecule has 5 nitrogen and oxygen atoms in total. The van der Waals surface area contributed by atoms with Crippen molar-refractivity contribution in [1.82, 2.24) is 0 Å². The Labute approximate surface area is 127 Å². The molecule has 0 aliphatic carbocycles. The Morgan fingerprint density at radius 1 is 1.33 bits per heavy atom. The highest BCUT2D eigenvalue weighted by Gasteiger charge is 2.22. The van der Waals surface area contributed by atoms with E-state index in [2.05, 4.69) is 26.1 Å². The number of nitrogens with one attached hydrogen (secondary N) is 1. The number of benzene rings is 1. The topological polar surface area (TPSA) is 89.3 Å². The number of anilines is 1. The Balaban J connectivity index is 2.88. The summed E-state index contributed by atoms with van der Waals surface area (Å²) in [5.41, 5.74) is 1.03. The van der Waals surface area contributed by atoms with Gasteiger partial charge in [0.15, 0.2) is 0 Å². The van der Waals surface area contributed by atoms with Crippen molar-refractivity contribution in [2.45, 2.75) is 45.9 Å². The van der Waals surface area contributed by atoms with E-state index in [0.717, 1.165) is 0 Å². The van der Waals surface area contributed by atoms with Gasteiger partial charge in [0.2, 0.25) is 15.9 Å². The fourth-order valence-electron chi connectivity index (χ4n) is 1.78. The Kier molecular flexibility index (Phi) is 5.17. The van der Waals surface area contributed by atoms with Crippen LogP contribution in [0.25, 0.3) is 0 Å². The van der Waals surface area contributed by atoms with Gasteiger partial charge in [-0.1, -0.05) is 33.8 Å². The smallest absolute Gasteiger partial charge is 0.238 e. The third kappa shape index (κ3) is 5.13. The van der Waals surface area contributed by atoms with E-state index in [4.69, 9.17) is 5.14 Å². The van der Waals surface area contributed by atoms with Crippen LogP contribution >= 0.6 is 0 Å². The maximum Gasteiger partial charge on any atom is 0.238 e. The summed E-state index contributed by atoms with van der Waals surface area (Å²) >= 11 is 0. The largest absolute Gasteiger partial charge is 0.326 e. The van der Waals surface area contributed by atoms with E-state index in [-0.39, 0.29) is 22.1 Å². The van der Waals surface area contributed by atoms with Crippen molar-refractivity contribution >= 4 is 21.6 Å². The zero-order chi connectivity index (χ0) is 16.4. The maximum atomic E-state index is 12.0. The summed E-state index contributed by atoms with van der Waals surface area (Å²) in [5, 5.41) is 7.88. The van der Waals surface area contributed by atoms with Crippen LogP contribution in [-0.2, 0) is 14.8 Å². The van der Waals surface area contributed by atoms with Gasteiger partial charge in [0.25, 0.3) is 0 Å². The molecule has 0 saturated carbocycles. The summed E-state index contributed by atoms with van der Waals surface area (Å²) in [7, 11) is -3.79. The van der Waals surface area contributed by atoms with Gasteiger partial charge in [-0.05, 0) is 36.0 Å². The molecule has 118 valence electrons. The monoisotopic (exact) mass is 312 g/mol. The molecule has 0 radical (unpaired) electrons. The second kappa shape index (κ2) is 6.15. The molecule has 1 atom stereocenters. The molecule has 6 heteroatoms. The van der Waals surface area contributed by atoms with E-state index in [9.17, 15) is 13.2 Å². The molecule has 0 bridgehead atoms. The number of primary sulfonamides is 1. The summed E-state index contributed by atoms with van der Waals surface area (Å²) in [6.45, 7) is 9.92. The van der Waals surface area contributed by atoms with Gasteiger partial charge in [0, 0.05) is 12.1 Å². The first-order valence-electron chi connectivity index (χ1n) is 6.84. The summed E-state index contributed by atoms with van der Waals surface area (Å²) in [4.78, 5) is 12.1. The fourth-order valence-corrected chi connectivity index (χ4v) is 2.59. The summed E-state index contributed by atoms with van der Waals surface area (Å²) in [6.07, 6.45) is 0.377. The highest BCUT2D eigenvalue weighted by Crippen LogP contribution is 2.28. The standard InChI is InChI=1S/C15H24N2O3S/c1-10-6-7-12(9-13(10)21(16,19)20)17-14(18)8-11(2)15(3,4)5/h6-7,9,11H,8H2,1-5H3,(H,17,18)(H2,16,19,20). The van der Waals surface area contributed by atoms with Crippen LogP contribution in [0.5, 0.6) is 0 Å². The number of amides is 1. The highest BCUT2D eigenvalue weighted by molar-refractivity contribution is 7.89. The molecular formula is C15H24N2O3S. The Hall–Kier alpha value is -1.40. The molecule has 0 aliphatic heterocycles. The van der Waals surface area contributed by atoms with Gasteiger partial charge in [-0.3, -0.25) is 4.79 Å². The second-order valence-electron chi connectivity index (χ2n) is 6.54. The molecule has 1 rings (SSSR count). The van der Waals surface area contributed by atoms with Crippen molar-refractivity contribution in [3.8, 4) is 0 Å². The molecule has 0 aliphatic rings. The van der Waals surface area contributed by atoms with Crippen LogP contribution in [-0.4, -0.2) is 14.3 Å². The quantitative estimate of drug-likeness (QED) is 0.895. The van der Waals surface area contributed by atoms with E-state index in [1.165, 1.54) is 6.07 Å². The van der Waals surface area contributed by atoms with E-state index in [1.807, 2.05) is 6.92 Å². The van der Waals surface area contributed by atoms with Crippen LogP contribution in [0.15, 0.2) is 23.1 Å². The van der Waals surface area contributed by atoms with Gasteiger partial charge in [-0.15, -0.1) is 0 Å². The number of hydrogen-bond donors (Lipinski definition) is 2. The van der Waals surface area contributed by atoms with Gasteiger partial charge < -0.3 is 5.32 Å². The van der Waals surface area contributed by atoms with Crippen LogP contribution in [0.4, 0.5) is 5.69 Å². The zero-order valence-electron chi connectivity index (χ0n) is 13.2. The maximum absolute atomic E-state index is 12.0. The molecule has 1 amide bonds. The third-order valence-electron chi connectivity index (χ3n) is 3.75. The van der Waals surface area contributed by atoms with E-state index < -0.39 is 10.0 Å². The minimum Gasteiger partial charge on any atom is -0.326 e. The first-order chi connectivity index (χ1) is 9.41. The summed E-state index contributed by atoms with van der Waals surface area (Å²) < 4.78 is 22.9. The predicted octanol–water partition coefficient (Wildman–Crippen LogP) is 2.65. The SMILES string of the molecule is Cc1ccc(NC(=O)CC(C)C(C)(C)C)cc1S(N)(=O)=O. The van der Waals surface area contributed by atoms with E-state index >= 15 is 0 Å². The van der Waals surface area contributed by atoms with Crippen LogP contribution < -0.4 is 10.5 Å². The lowest BCUT2D eigenvalue weighted by Gasteiger charge is -2.26. The molecule has 0 spiro atoms. The van der Waals surface area contributed by atoms with Crippen LogP contribution in [0.2, 0.25) is 0 Å². The second-order valence-corrected chi connectivity index (χ2v) is 8.07. The van der Waals surface area contributed by atoms with Gasteiger partial charge >= 0.3 is 0 Å². The molecule has 3 N–H and O–H groups in total. The average Bonchev–Trinajstić information content (AvgIpc) is 2.28. The minimum absolute atomic E-state index is 0.0316. The van der Waals surface area contributed by atoms with Gasteiger partial charge in [0.1, 0.15) is 0 Å². The molecule has 0 aromatic heterocycles. The molecule has 1 aromatic rings. The zero-order valence-corrected chi connectivity index (χ0v) is 14.0. The molecule has 0 saturated heterocycles. The van der Waals surface area contributed by atoms with Crippen molar-refractivity contribution in [3.05, 3.63) is 23.8 Å². The van der Waals surface area contributed by atoms with Gasteiger partial charge in [-0.25, -0.2) is 13.6 Å². The number of nitrogens with two attached hydrogens (primary N) is 1. The number of sulfonamides is 1. The average molecular weight is 312 g/mol. The van der Waals surface area contributed by atoms with Crippen LogP contribution in [0.1, 0.15) is 39.7 Å². The number of aryl methyl sites for hydroxylation is 1. The molecule has 1 unspecified atom stereocenters. The summed E-state index contributed by atoms with van der Waals surface area (Å²) in [5.74, 6) is 0.0716. The number of carbonyl (C=O) groups excluding carboxylic acids is 1. The normalized spacial score (nSPS) is 13.8. The molecular weight excluding hydrogens is 288 g/mol. The Morgan fingerprint density at radius 2 is 1.90 bits per heavy atom. The van der Waals surface area contributed by atoms with E-state index in [0.29, 0.717) is 17.7 Å². The van der Waals surface area contributed by atoms with E-state index in [1.54, 1.807) is 19.1 Å². The Bertz CT molecular complexity index is 631. The molecule has 0 fully saturated rings. The lowest BCUT2D eigenvalue weighted by atomic mass is 9.80. The molecule has 1 aromatic carbocycles. The minimum atomic E-state index is -3.79. The molecule has 0 heterocycles. The first-order valence-corrected chi connectivity index (χ1v) is 8.39. The van der Waals surface area contributed by atoms with Crippen molar-refractivity contribution < 1.29 is 13.2 Å². The van der Waals surface area contributed by atoms with Crippen molar-refractivity contribution in [2.75, 3.05) is 5.32 Å². The number of rotatable bonds is 4. The third-order valence-corrected chi connectivity index (χ3v) is 4.80. The first kappa shape index (κ1) is 17.7. The Morgan fingerprint density at radius 3 is 2.38 bits per heavy atom. The van der Waals surface area contributed by atoms with Gasteiger partial charge in [0.05, 0.1) is 4.90 Å². The number of hydrogen-bond acceptors (Lipinski definition) is 3. The summed E-state index contributed by atoms with van der Waals surface area (Å²) in [6, 6.07) is 4.69. The van der Waals surface area contributed by atoms with Crippen molar-refractivity contribution in [2.24, 2.45) is 16.5 Å². The van der Waals surface area contributed by atoms with Crippen molar-refractivity contribution in [3.63, 3.8) is 0 Å². The van der Waals surface area contributed by atoms with Crippen LogP contribution in [0.3, 0.4) is 0 Å². The lowest BCUT2D eigenvalue weighted by Crippen LogP contribution is -2.24. The number of carbonyl (C=O) groups is 1. The van der Waals surface area contributed by atoms with Crippen LogP contribution in [0, 0.1) is 18.3 Å².